The van der Waals surface area contributed by atoms with Crippen molar-refractivity contribution in [3.8, 4) is 0 Å². The second kappa shape index (κ2) is 11.8. The number of aryl methyl sites for hydroxylation is 1. The third-order valence-electron chi connectivity index (χ3n) is 3.54. The molecule has 0 atom stereocenters. The number of amides is 1. The van der Waals surface area contributed by atoms with Gasteiger partial charge in [-0.1, -0.05) is 43.3 Å². The molecule has 26 heavy (non-hydrogen) atoms. The molecular weight excluding hydrogens is 333 g/mol. The number of carbonyl (C=O) groups is 2. The van der Waals surface area contributed by atoms with Crippen LogP contribution in [0, 0.1) is 5.82 Å². The van der Waals surface area contributed by atoms with Crippen LogP contribution in [0.5, 0.6) is 0 Å². The second-order valence-electron chi connectivity index (χ2n) is 5.75. The molecule has 0 aliphatic carbocycles. The van der Waals surface area contributed by atoms with E-state index in [0.717, 1.165) is 16.7 Å². The van der Waals surface area contributed by atoms with Gasteiger partial charge in [0.2, 0.25) is 5.91 Å². The molecule has 2 aromatic carbocycles. The predicted octanol–water partition coefficient (Wildman–Crippen LogP) is 3.79. The quantitative estimate of drug-likeness (QED) is 0.765. The fraction of sp³-hybridized carbons (Fsp3) is 0.333. The Hall–Kier alpha value is -2.69. The first kappa shape index (κ1) is 21.4. The zero-order valence-electron chi connectivity index (χ0n) is 15.3. The number of benzene rings is 2. The summed E-state index contributed by atoms with van der Waals surface area (Å²) in [5.41, 5.74) is 8.26. The molecular formula is C21H26FNO3. The first-order chi connectivity index (χ1) is 12.4. The molecule has 1 amide bonds. The van der Waals surface area contributed by atoms with Crippen LogP contribution in [0.3, 0.4) is 0 Å². The minimum atomic E-state index is -0.296. The van der Waals surface area contributed by atoms with E-state index in [-0.39, 0.29) is 17.7 Å². The first-order valence-electron chi connectivity index (χ1n) is 8.70. The van der Waals surface area contributed by atoms with Gasteiger partial charge < -0.3 is 10.5 Å². The van der Waals surface area contributed by atoms with Crippen LogP contribution in [0.15, 0.2) is 48.5 Å². The minimum absolute atomic E-state index is 0.123. The largest absolute Gasteiger partial charge is 0.466 e. The van der Waals surface area contributed by atoms with Crippen molar-refractivity contribution in [3.05, 3.63) is 71.0 Å². The molecule has 0 aromatic heterocycles. The van der Waals surface area contributed by atoms with Crippen LogP contribution in [0.1, 0.15) is 43.4 Å². The van der Waals surface area contributed by atoms with E-state index in [9.17, 15) is 14.0 Å². The summed E-state index contributed by atoms with van der Waals surface area (Å²) >= 11 is 0. The van der Waals surface area contributed by atoms with Crippen molar-refractivity contribution in [1.82, 2.24) is 0 Å². The van der Waals surface area contributed by atoms with Gasteiger partial charge in [-0.05, 0) is 48.6 Å². The standard InChI is InChI=1S/C16H16FNO.C5H10O2/c17-15-6-2-5-14(11-15)10-13-4-1-3-12(9-13)7-8-16(18)19;1-3-5(6)7-4-2/h1-6,9,11H,7-8,10H2,(H2,18,19);3-4H2,1-2H3. The van der Waals surface area contributed by atoms with E-state index in [2.05, 4.69) is 4.74 Å². The van der Waals surface area contributed by atoms with Gasteiger partial charge >= 0.3 is 5.97 Å². The molecule has 5 heteroatoms. The number of esters is 1. The summed E-state index contributed by atoms with van der Waals surface area (Å²) in [6, 6.07) is 14.5. The second-order valence-corrected chi connectivity index (χ2v) is 5.75. The molecule has 0 saturated heterocycles. The Morgan fingerprint density at radius 3 is 2.15 bits per heavy atom. The highest BCUT2D eigenvalue weighted by Crippen LogP contribution is 2.13. The van der Waals surface area contributed by atoms with Gasteiger partial charge in [0.15, 0.2) is 0 Å². The van der Waals surface area contributed by atoms with Crippen molar-refractivity contribution >= 4 is 11.9 Å². The molecule has 0 spiro atoms. The predicted molar refractivity (Wildman–Crippen MR) is 100 cm³/mol. The maximum absolute atomic E-state index is 13.1. The average molecular weight is 359 g/mol. The lowest BCUT2D eigenvalue weighted by Crippen LogP contribution is -2.11. The normalized spacial score (nSPS) is 9.81. The number of nitrogens with two attached hydrogens (primary N) is 1. The van der Waals surface area contributed by atoms with Crippen LogP contribution in [0.25, 0.3) is 0 Å². The number of carbonyl (C=O) groups excluding carboxylic acids is 2. The van der Waals surface area contributed by atoms with Gasteiger partial charge in [0.25, 0.3) is 0 Å². The van der Waals surface area contributed by atoms with Crippen LogP contribution in [0.2, 0.25) is 0 Å². The average Bonchev–Trinajstić information content (AvgIpc) is 2.61. The smallest absolute Gasteiger partial charge is 0.305 e. The van der Waals surface area contributed by atoms with Gasteiger partial charge in [-0.15, -0.1) is 0 Å². The zero-order valence-corrected chi connectivity index (χ0v) is 15.3. The molecule has 2 aromatic rings. The SMILES string of the molecule is CCOC(=O)CC.NC(=O)CCc1cccc(Cc2cccc(F)c2)c1. The maximum Gasteiger partial charge on any atom is 0.305 e. The van der Waals surface area contributed by atoms with Crippen molar-refractivity contribution in [2.45, 2.75) is 39.5 Å². The van der Waals surface area contributed by atoms with Gasteiger partial charge in [-0.3, -0.25) is 9.59 Å². The van der Waals surface area contributed by atoms with Crippen molar-refractivity contribution in [2.75, 3.05) is 6.61 Å². The summed E-state index contributed by atoms with van der Waals surface area (Å²) in [5.74, 6) is -0.639. The van der Waals surface area contributed by atoms with Crippen molar-refractivity contribution in [2.24, 2.45) is 5.73 Å². The molecule has 0 aliphatic heterocycles. The van der Waals surface area contributed by atoms with Gasteiger partial charge in [0, 0.05) is 12.8 Å². The summed E-state index contributed by atoms with van der Waals surface area (Å²) < 4.78 is 17.7. The molecule has 0 saturated carbocycles. The van der Waals surface area contributed by atoms with Crippen LogP contribution in [-0.4, -0.2) is 18.5 Å². The van der Waals surface area contributed by atoms with Crippen molar-refractivity contribution < 1.29 is 18.7 Å². The van der Waals surface area contributed by atoms with E-state index in [1.165, 1.54) is 12.1 Å². The first-order valence-corrected chi connectivity index (χ1v) is 8.70. The zero-order chi connectivity index (χ0) is 19.4. The molecule has 0 aliphatic rings. The lowest BCUT2D eigenvalue weighted by Gasteiger charge is -2.05. The van der Waals surface area contributed by atoms with Crippen LogP contribution in [-0.2, 0) is 27.2 Å². The Labute approximate surface area is 154 Å². The molecule has 0 bridgehead atoms. The highest BCUT2D eigenvalue weighted by atomic mass is 19.1. The molecule has 2 rings (SSSR count). The van der Waals surface area contributed by atoms with E-state index < -0.39 is 0 Å². The Bertz CT molecular complexity index is 716. The van der Waals surface area contributed by atoms with E-state index >= 15 is 0 Å². The molecule has 140 valence electrons. The number of rotatable bonds is 7. The summed E-state index contributed by atoms with van der Waals surface area (Å²) in [6.45, 7) is 4.07. The fourth-order valence-electron chi connectivity index (χ4n) is 2.31. The van der Waals surface area contributed by atoms with Crippen LogP contribution in [0.4, 0.5) is 4.39 Å². The number of halogens is 1. The Balaban J connectivity index is 0.000000412. The molecule has 0 unspecified atom stereocenters. The van der Waals surface area contributed by atoms with E-state index in [0.29, 0.717) is 32.3 Å². The Kier molecular flexibility index (Phi) is 9.69. The maximum atomic E-state index is 13.1. The van der Waals surface area contributed by atoms with E-state index in [1.54, 1.807) is 19.9 Å². The lowest BCUT2D eigenvalue weighted by molar-refractivity contribution is -0.142. The van der Waals surface area contributed by atoms with Crippen LogP contribution >= 0.6 is 0 Å². The van der Waals surface area contributed by atoms with Crippen molar-refractivity contribution in [3.63, 3.8) is 0 Å². The van der Waals surface area contributed by atoms with Crippen molar-refractivity contribution in [1.29, 1.82) is 0 Å². The van der Waals surface area contributed by atoms with E-state index in [1.807, 2.05) is 30.3 Å². The number of primary amides is 1. The third-order valence-corrected chi connectivity index (χ3v) is 3.54. The monoisotopic (exact) mass is 359 g/mol. The van der Waals surface area contributed by atoms with Gasteiger partial charge in [0.1, 0.15) is 5.82 Å². The highest BCUT2D eigenvalue weighted by Gasteiger charge is 2.01. The molecule has 0 fully saturated rings. The summed E-state index contributed by atoms with van der Waals surface area (Å²) in [6.07, 6.45) is 2.16. The topological polar surface area (TPSA) is 69.4 Å². The number of ether oxygens (including phenoxy) is 1. The third kappa shape index (κ3) is 8.97. The van der Waals surface area contributed by atoms with Gasteiger partial charge in [-0.25, -0.2) is 4.39 Å². The molecule has 4 nitrogen and oxygen atoms in total. The van der Waals surface area contributed by atoms with E-state index in [4.69, 9.17) is 5.73 Å². The van der Waals surface area contributed by atoms with Crippen LogP contribution < -0.4 is 5.73 Å². The Morgan fingerprint density at radius 1 is 1.00 bits per heavy atom. The minimum Gasteiger partial charge on any atom is -0.466 e. The van der Waals surface area contributed by atoms with Gasteiger partial charge in [0.05, 0.1) is 6.61 Å². The molecule has 0 heterocycles. The molecule has 2 N–H and O–H groups in total. The Morgan fingerprint density at radius 2 is 1.62 bits per heavy atom. The van der Waals surface area contributed by atoms with Gasteiger partial charge in [-0.2, -0.15) is 0 Å². The fourth-order valence-corrected chi connectivity index (χ4v) is 2.31. The number of hydrogen-bond donors (Lipinski definition) is 1. The highest BCUT2D eigenvalue weighted by molar-refractivity contribution is 5.74. The summed E-state index contributed by atoms with van der Waals surface area (Å²) in [5, 5.41) is 0. The number of hydrogen-bond acceptors (Lipinski definition) is 3. The lowest BCUT2D eigenvalue weighted by atomic mass is 10.0. The molecule has 0 radical (unpaired) electrons. The summed E-state index contributed by atoms with van der Waals surface area (Å²) in [4.78, 5) is 21.0. The summed E-state index contributed by atoms with van der Waals surface area (Å²) in [7, 11) is 0.